The topological polar surface area (TPSA) is 87.5 Å². The highest BCUT2D eigenvalue weighted by Gasteiger charge is 2.36. The van der Waals surface area contributed by atoms with Crippen LogP contribution in [0.5, 0.6) is 0 Å². The number of carbonyl (C=O) groups is 2. The number of ether oxygens (including phenoxy) is 1. The van der Waals surface area contributed by atoms with Gasteiger partial charge in [-0.1, -0.05) is 30.7 Å². The largest absolute Gasteiger partial charge is 0.481 e. The van der Waals surface area contributed by atoms with Crippen molar-refractivity contribution in [3.8, 4) is 0 Å². The van der Waals surface area contributed by atoms with Crippen LogP contribution in [0.1, 0.15) is 45.6 Å². The molecule has 0 aliphatic heterocycles. The molecule has 0 aliphatic carbocycles. The highest BCUT2D eigenvalue weighted by Crippen LogP contribution is 2.30. The highest BCUT2D eigenvalue weighted by molar-refractivity contribution is 6.36. The first-order valence-corrected chi connectivity index (χ1v) is 7.74. The number of esters is 1. The smallest absolute Gasteiger partial charge is 0.352 e. The summed E-state index contributed by atoms with van der Waals surface area (Å²) in [4.78, 5) is 23.8. The van der Waals surface area contributed by atoms with Gasteiger partial charge in [0.05, 0.1) is 5.92 Å². The van der Waals surface area contributed by atoms with Crippen LogP contribution in [-0.4, -0.2) is 28.4 Å². The van der Waals surface area contributed by atoms with E-state index in [1.807, 2.05) is 0 Å². The van der Waals surface area contributed by atoms with Crippen molar-refractivity contribution >= 4 is 29.3 Å². The summed E-state index contributed by atoms with van der Waals surface area (Å²) in [7, 11) is 0. The third kappa shape index (κ3) is 5.36. The van der Waals surface area contributed by atoms with E-state index in [1.54, 1.807) is 52.0 Å². The van der Waals surface area contributed by atoms with Gasteiger partial charge in [0, 0.05) is 10.9 Å². The van der Waals surface area contributed by atoms with Crippen LogP contribution in [0.3, 0.4) is 0 Å². The van der Waals surface area contributed by atoms with E-state index < -0.39 is 29.4 Å². The summed E-state index contributed by atoms with van der Waals surface area (Å²) in [5.41, 5.74) is -0.562. The van der Waals surface area contributed by atoms with Crippen LogP contribution < -0.4 is 0 Å². The highest BCUT2D eigenvalue weighted by atomic mass is 35.5. The van der Waals surface area contributed by atoms with E-state index in [0.29, 0.717) is 17.0 Å². The van der Waals surface area contributed by atoms with Crippen LogP contribution in [0.4, 0.5) is 0 Å². The van der Waals surface area contributed by atoms with E-state index in [9.17, 15) is 14.7 Å². The van der Waals surface area contributed by atoms with Crippen molar-refractivity contribution in [2.75, 3.05) is 0 Å². The molecule has 0 heterocycles. The standard InChI is InChI=1S/C17H22ClNO4/c1-5-12(14(19)16(22)23-17(2,3)4)13(15(20)21)10-6-8-11(18)9-7-10/h6-9,12-13,19H,5H2,1-4H3,(H,20,21)/t12-,13-/m1/s1. The van der Waals surface area contributed by atoms with Gasteiger partial charge in [-0.25, -0.2) is 4.79 Å². The molecule has 0 saturated carbocycles. The summed E-state index contributed by atoms with van der Waals surface area (Å²) < 4.78 is 5.19. The maximum atomic E-state index is 12.1. The zero-order valence-electron chi connectivity index (χ0n) is 13.7. The number of nitrogens with one attached hydrogen (secondary N) is 1. The Bertz CT molecular complexity index is 590. The van der Waals surface area contributed by atoms with Crippen molar-refractivity contribution in [1.82, 2.24) is 0 Å². The van der Waals surface area contributed by atoms with Crippen molar-refractivity contribution < 1.29 is 19.4 Å². The molecule has 0 saturated heterocycles. The van der Waals surface area contributed by atoms with E-state index in [0.717, 1.165) is 0 Å². The van der Waals surface area contributed by atoms with Gasteiger partial charge >= 0.3 is 11.9 Å². The summed E-state index contributed by atoms with van der Waals surface area (Å²) in [6.45, 7) is 6.85. The molecule has 0 amide bonds. The number of benzene rings is 1. The van der Waals surface area contributed by atoms with Gasteiger partial charge in [0.1, 0.15) is 11.3 Å². The number of rotatable bonds is 6. The number of halogens is 1. The normalized spacial score (nSPS) is 14.0. The van der Waals surface area contributed by atoms with Crippen molar-refractivity contribution in [2.24, 2.45) is 5.92 Å². The fourth-order valence-electron chi connectivity index (χ4n) is 2.31. The molecular formula is C17H22ClNO4. The molecule has 0 radical (unpaired) electrons. The zero-order valence-corrected chi connectivity index (χ0v) is 14.5. The minimum Gasteiger partial charge on any atom is -0.481 e. The Morgan fingerprint density at radius 3 is 2.17 bits per heavy atom. The lowest BCUT2D eigenvalue weighted by Crippen LogP contribution is -2.36. The van der Waals surface area contributed by atoms with Crippen LogP contribution in [0, 0.1) is 11.3 Å². The fraction of sp³-hybridized carbons (Fsp3) is 0.471. The fourth-order valence-corrected chi connectivity index (χ4v) is 2.43. The van der Waals surface area contributed by atoms with Crippen LogP contribution in [0.2, 0.25) is 5.02 Å². The van der Waals surface area contributed by atoms with Crippen LogP contribution in [-0.2, 0) is 14.3 Å². The maximum Gasteiger partial charge on any atom is 0.352 e. The number of carboxylic acid groups (broad SMARTS) is 1. The lowest BCUT2D eigenvalue weighted by molar-refractivity contribution is -0.146. The van der Waals surface area contributed by atoms with Gasteiger partial charge in [-0.2, -0.15) is 0 Å². The first-order chi connectivity index (χ1) is 10.6. The van der Waals surface area contributed by atoms with Gasteiger partial charge in [-0.3, -0.25) is 10.2 Å². The van der Waals surface area contributed by atoms with E-state index in [4.69, 9.17) is 21.7 Å². The van der Waals surface area contributed by atoms with E-state index in [1.165, 1.54) is 0 Å². The van der Waals surface area contributed by atoms with Crippen molar-refractivity contribution in [3.63, 3.8) is 0 Å². The number of carboxylic acids is 1. The maximum absolute atomic E-state index is 12.1. The molecule has 1 aromatic rings. The molecule has 1 rings (SSSR count). The second-order valence-electron chi connectivity index (χ2n) is 6.30. The SMILES string of the molecule is CC[C@@H](C(=N)C(=O)OC(C)(C)C)[C@H](C(=O)O)c1ccc(Cl)cc1. The first-order valence-electron chi connectivity index (χ1n) is 7.37. The average molecular weight is 340 g/mol. The van der Waals surface area contributed by atoms with Gasteiger partial charge in [0.2, 0.25) is 0 Å². The van der Waals surface area contributed by atoms with E-state index >= 15 is 0 Å². The molecule has 0 spiro atoms. The van der Waals surface area contributed by atoms with Crippen LogP contribution in [0.25, 0.3) is 0 Å². The zero-order chi connectivity index (χ0) is 17.8. The lowest BCUT2D eigenvalue weighted by atomic mass is 9.81. The molecule has 0 fully saturated rings. The third-order valence-corrected chi connectivity index (χ3v) is 3.58. The second-order valence-corrected chi connectivity index (χ2v) is 6.73. The monoisotopic (exact) mass is 339 g/mol. The number of aliphatic carboxylic acids is 1. The number of hydrogen-bond donors (Lipinski definition) is 2. The summed E-state index contributed by atoms with van der Waals surface area (Å²) in [6, 6.07) is 6.39. The minimum atomic E-state index is -1.09. The molecular weight excluding hydrogens is 318 g/mol. The molecule has 5 nitrogen and oxygen atoms in total. The Balaban J connectivity index is 3.12. The number of carbonyl (C=O) groups excluding carboxylic acids is 1. The Kier molecular flexibility index (Phi) is 6.33. The molecule has 1 aromatic carbocycles. The quantitative estimate of drug-likeness (QED) is 0.607. The van der Waals surface area contributed by atoms with Crippen molar-refractivity contribution in [2.45, 2.75) is 45.6 Å². The summed E-state index contributed by atoms with van der Waals surface area (Å²) in [5, 5.41) is 18.2. The van der Waals surface area contributed by atoms with Crippen molar-refractivity contribution in [3.05, 3.63) is 34.9 Å². The van der Waals surface area contributed by atoms with Gasteiger partial charge in [-0.15, -0.1) is 0 Å². The Morgan fingerprint density at radius 1 is 1.26 bits per heavy atom. The van der Waals surface area contributed by atoms with E-state index in [2.05, 4.69) is 0 Å². The second kappa shape index (κ2) is 7.59. The predicted octanol–water partition coefficient (Wildman–Crippen LogP) is 3.90. The summed E-state index contributed by atoms with van der Waals surface area (Å²) in [5.74, 6) is -3.65. The summed E-state index contributed by atoms with van der Waals surface area (Å²) >= 11 is 5.83. The van der Waals surface area contributed by atoms with Gasteiger partial charge in [0.25, 0.3) is 0 Å². The number of hydrogen-bond acceptors (Lipinski definition) is 4. The Hall–Kier alpha value is -1.88. The molecule has 23 heavy (non-hydrogen) atoms. The van der Waals surface area contributed by atoms with E-state index in [-0.39, 0.29) is 5.71 Å². The molecule has 6 heteroatoms. The molecule has 126 valence electrons. The minimum absolute atomic E-state index is 0.329. The van der Waals surface area contributed by atoms with Gasteiger partial charge in [0.15, 0.2) is 0 Å². The Morgan fingerprint density at radius 2 is 1.78 bits per heavy atom. The van der Waals surface area contributed by atoms with Crippen LogP contribution in [0.15, 0.2) is 24.3 Å². The lowest BCUT2D eigenvalue weighted by Gasteiger charge is -2.26. The molecule has 0 bridgehead atoms. The molecule has 2 N–H and O–H groups in total. The molecule has 2 atom stereocenters. The molecule has 0 unspecified atom stereocenters. The Labute approximate surface area is 141 Å². The van der Waals surface area contributed by atoms with Gasteiger partial charge < -0.3 is 9.84 Å². The molecule has 0 aromatic heterocycles. The summed E-state index contributed by atoms with van der Waals surface area (Å²) in [6.07, 6.45) is 0.331. The first kappa shape index (κ1) is 19.2. The predicted molar refractivity (Wildman–Crippen MR) is 89.2 cm³/mol. The van der Waals surface area contributed by atoms with Gasteiger partial charge in [-0.05, 0) is 44.9 Å². The third-order valence-electron chi connectivity index (χ3n) is 3.33. The van der Waals surface area contributed by atoms with Crippen LogP contribution >= 0.6 is 11.6 Å². The van der Waals surface area contributed by atoms with Crippen molar-refractivity contribution in [1.29, 1.82) is 5.41 Å². The average Bonchev–Trinajstić information content (AvgIpc) is 2.43. The molecule has 0 aliphatic rings.